The molecule has 0 unspecified atom stereocenters. The molecule has 11 aromatic rings. The van der Waals surface area contributed by atoms with E-state index in [4.69, 9.17) is 8.83 Å². The summed E-state index contributed by atoms with van der Waals surface area (Å²) in [6.45, 7) is 4.63. The van der Waals surface area contributed by atoms with Gasteiger partial charge in [-0.2, -0.15) is 0 Å². The molecular weight excluding hydrogens is 731 g/mol. The fraction of sp³-hybridized carbons (Fsp3) is 0.0526. The highest BCUT2D eigenvalue weighted by Crippen LogP contribution is 2.53. The Labute approximate surface area is 348 Å². The van der Waals surface area contributed by atoms with Crippen LogP contribution in [-0.4, -0.2) is 0 Å². The second kappa shape index (κ2) is 13.2. The van der Waals surface area contributed by atoms with E-state index < -0.39 is 0 Å². The van der Waals surface area contributed by atoms with Crippen LogP contribution >= 0.6 is 0 Å². The van der Waals surface area contributed by atoms with Crippen molar-refractivity contribution in [2.45, 2.75) is 19.3 Å². The largest absolute Gasteiger partial charge is 0.455 e. The standard InChI is InChI=1S/C57H39NO2/c1-57(2)50-20-8-6-15-49(50)53-51(57)35-34-48-47-19-11-17-44(55(47)60-56(48)53)39-26-32-42(33-27-39)58(40-28-22-37(23-29-40)36-12-4-3-5-13-36)41-30-24-38(25-31-41)43-16-10-18-46-45-14-7-9-21-52(45)59-54(43)46/h3-35H,1-2H3. The third-order valence-electron chi connectivity index (χ3n) is 12.7. The second-order valence-electron chi connectivity index (χ2n) is 16.4. The number of hydrogen-bond donors (Lipinski definition) is 0. The fourth-order valence-electron chi connectivity index (χ4n) is 9.70. The van der Waals surface area contributed by atoms with Gasteiger partial charge in [0, 0.05) is 60.7 Å². The Morgan fingerprint density at radius 3 is 1.48 bits per heavy atom. The molecule has 2 aromatic heterocycles. The smallest absolute Gasteiger partial charge is 0.143 e. The topological polar surface area (TPSA) is 29.5 Å². The lowest BCUT2D eigenvalue weighted by molar-refractivity contribution is 0.653. The molecule has 0 spiro atoms. The summed E-state index contributed by atoms with van der Waals surface area (Å²) in [6.07, 6.45) is 0. The molecule has 0 atom stereocenters. The predicted molar refractivity (Wildman–Crippen MR) is 250 cm³/mol. The summed E-state index contributed by atoms with van der Waals surface area (Å²) < 4.78 is 13.4. The first-order valence-corrected chi connectivity index (χ1v) is 20.7. The van der Waals surface area contributed by atoms with E-state index in [2.05, 4.69) is 207 Å². The normalized spacial score (nSPS) is 13.0. The summed E-state index contributed by atoms with van der Waals surface area (Å²) in [5, 5.41) is 4.55. The van der Waals surface area contributed by atoms with Gasteiger partial charge in [0.05, 0.1) is 0 Å². The van der Waals surface area contributed by atoms with Crippen LogP contribution in [0.3, 0.4) is 0 Å². The lowest BCUT2D eigenvalue weighted by Gasteiger charge is -2.26. The highest BCUT2D eigenvalue weighted by Gasteiger charge is 2.37. The number of hydrogen-bond acceptors (Lipinski definition) is 3. The van der Waals surface area contributed by atoms with Crippen molar-refractivity contribution in [2.24, 2.45) is 0 Å². The second-order valence-corrected chi connectivity index (χ2v) is 16.4. The van der Waals surface area contributed by atoms with Gasteiger partial charge in [0.1, 0.15) is 22.3 Å². The third kappa shape index (κ3) is 5.22. The first-order valence-electron chi connectivity index (χ1n) is 20.7. The van der Waals surface area contributed by atoms with E-state index in [-0.39, 0.29) is 5.41 Å². The van der Waals surface area contributed by atoms with Crippen molar-refractivity contribution in [3.05, 3.63) is 211 Å². The van der Waals surface area contributed by atoms with Gasteiger partial charge in [-0.05, 0) is 81.4 Å². The van der Waals surface area contributed by atoms with Crippen LogP contribution in [-0.2, 0) is 5.41 Å². The van der Waals surface area contributed by atoms with Crippen molar-refractivity contribution in [2.75, 3.05) is 4.90 Å². The molecule has 0 fully saturated rings. The molecule has 3 heteroatoms. The van der Waals surface area contributed by atoms with Crippen LogP contribution in [0.15, 0.2) is 209 Å². The fourth-order valence-corrected chi connectivity index (χ4v) is 9.70. The van der Waals surface area contributed by atoms with Crippen molar-refractivity contribution in [3.8, 4) is 44.5 Å². The zero-order valence-electron chi connectivity index (χ0n) is 33.3. The molecule has 284 valence electrons. The maximum atomic E-state index is 6.97. The van der Waals surface area contributed by atoms with Crippen LogP contribution in [0.2, 0.25) is 0 Å². The van der Waals surface area contributed by atoms with Crippen LogP contribution < -0.4 is 4.90 Å². The molecule has 9 aromatic carbocycles. The summed E-state index contributed by atoms with van der Waals surface area (Å²) in [6, 6.07) is 71.6. The summed E-state index contributed by atoms with van der Waals surface area (Å²) in [4.78, 5) is 2.33. The van der Waals surface area contributed by atoms with Gasteiger partial charge >= 0.3 is 0 Å². The number of para-hydroxylation sites is 3. The molecule has 1 aliphatic carbocycles. The molecule has 1 aliphatic rings. The van der Waals surface area contributed by atoms with Crippen LogP contribution in [0, 0.1) is 0 Å². The monoisotopic (exact) mass is 769 g/mol. The molecule has 0 saturated heterocycles. The van der Waals surface area contributed by atoms with Gasteiger partial charge in [-0.1, -0.05) is 172 Å². The predicted octanol–water partition coefficient (Wildman–Crippen LogP) is 16.3. The lowest BCUT2D eigenvalue weighted by Crippen LogP contribution is -2.14. The average Bonchev–Trinajstić information content (AvgIpc) is 3.95. The van der Waals surface area contributed by atoms with E-state index in [1.807, 2.05) is 12.1 Å². The number of furan rings is 2. The van der Waals surface area contributed by atoms with E-state index in [0.29, 0.717) is 0 Å². The summed E-state index contributed by atoms with van der Waals surface area (Å²) in [5.74, 6) is 0. The van der Waals surface area contributed by atoms with E-state index in [1.165, 1.54) is 33.4 Å². The minimum atomic E-state index is -0.0889. The lowest BCUT2D eigenvalue weighted by atomic mass is 9.82. The molecular formula is C57H39NO2. The van der Waals surface area contributed by atoms with Crippen LogP contribution in [0.25, 0.3) is 88.4 Å². The van der Waals surface area contributed by atoms with E-state index in [0.717, 1.165) is 83.2 Å². The zero-order chi connectivity index (χ0) is 40.0. The molecule has 0 aliphatic heterocycles. The summed E-state index contributed by atoms with van der Waals surface area (Å²) in [5.41, 5.74) is 18.7. The molecule has 60 heavy (non-hydrogen) atoms. The Balaban J connectivity index is 0.950. The first-order chi connectivity index (χ1) is 29.5. The first kappa shape index (κ1) is 34.4. The van der Waals surface area contributed by atoms with Gasteiger partial charge in [-0.3, -0.25) is 0 Å². The number of anilines is 3. The van der Waals surface area contributed by atoms with Crippen LogP contribution in [0.1, 0.15) is 25.0 Å². The molecule has 12 rings (SSSR count). The van der Waals surface area contributed by atoms with Gasteiger partial charge in [0.2, 0.25) is 0 Å². The van der Waals surface area contributed by atoms with Crippen molar-refractivity contribution in [1.82, 2.24) is 0 Å². The Morgan fingerprint density at radius 1 is 0.333 bits per heavy atom. The van der Waals surface area contributed by atoms with Gasteiger partial charge in [0.15, 0.2) is 0 Å². The van der Waals surface area contributed by atoms with Crippen LogP contribution in [0.4, 0.5) is 17.1 Å². The summed E-state index contributed by atoms with van der Waals surface area (Å²) in [7, 11) is 0. The quantitative estimate of drug-likeness (QED) is 0.169. The molecule has 2 heterocycles. The minimum Gasteiger partial charge on any atom is -0.455 e. The van der Waals surface area contributed by atoms with Crippen molar-refractivity contribution in [3.63, 3.8) is 0 Å². The van der Waals surface area contributed by atoms with Gasteiger partial charge < -0.3 is 13.7 Å². The average molecular weight is 770 g/mol. The Kier molecular flexibility index (Phi) is 7.58. The van der Waals surface area contributed by atoms with E-state index >= 15 is 0 Å². The molecule has 0 radical (unpaired) electrons. The Hall–Kier alpha value is -7.62. The molecule has 0 bridgehead atoms. The number of fused-ring (bicyclic) bond motifs is 10. The van der Waals surface area contributed by atoms with E-state index in [1.54, 1.807) is 0 Å². The minimum absolute atomic E-state index is 0.0889. The van der Waals surface area contributed by atoms with Crippen molar-refractivity contribution >= 4 is 60.9 Å². The number of benzene rings is 9. The Bertz CT molecular complexity index is 3420. The maximum Gasteiger partial charge on any atom is 0.143 e. The highest BCUT2D eigenvalue weighted by atomic mass is 16.3. The third-order valence-corrected chi connectivity index (χ3v) is 12.7. The van der Waals surface area contributed by atoms with Gasteiger partial charge in [-0.15, -0.1) is 0 Å². The molecule has 0 N–H and O–H groups in total. The van der Waals surface area contributed by atoms with Crippen LogP contribution in [0.5, 0.6) is 0 Å². The van der Waals surface area contributed by atoms with Gasteiger partial charge in [-0.25, -0.2) is 0 Å². The van der Waals surface area contributed by atoms with Crippen molar-refractivity contribution < 1.29 is 8.83 Å². The SMILES string of the molecule is CC1(C)c2ccccc2-c2c1ccc1c2oc2c(-c3ccc(N(c4ccc(-c5ccccc5)cc4)c4ccc(-c5cccc6c5oc5ccccc56)cc4)cc3)cccc21. The van der Waals surface area contributed by atoms with Gasteiger partial charge in [0.25, 0.3) is 0 Å². The van der Waals surface area contributed by atoms with E-state index in [9.17, 15) is 0 Å². The molecule has 3 nitrogen and oxygen atoms in total. The highest BCUT2D eigenvalue weighted by molar-refractivity contribution is 6.15. The molecule has 0 amide bonds. The number of nitrogens with zero attached hydrogens (tertiary/aromatic N) is 1. The summed E-state index contributed by atoms with van der Waals surface area (Å²) >= 11 is 0. The maximum absolute atomic E-state index is 6.97. The zero-order valence-corrected chi connectivity index (χ0v) is 33.3. The molecule has 0 saturated carbocycles. The van der Waals surface area contributed by atoms with Crippen molar-refractivity contribution in [1.29, 1.82) is 0 Å². The number of rotatable bonds is 6. The Morgan fingerprint density at radius 2 is 0.817 bits per heavy atom.